The van der Waals surface area contributed by atoms with Gasteiger partial charge in [0.2, 0.25) is 0 Å². The largest absolute Gasteiger partial charge is 0.444 e. The van der Waals surface area contributed by atoms with E-state index >= 15 is 0 Å². The first kappa shape index (κ1) is 17.2. The maximum atomic E-state index is 12.1. The molecule has 22 heavy (non-hydrogen) atoms. The Kier molecular flexibility index (Phi) is 5.77. The van der Waals surface area contributed by atoms with Crippen molar-refractivity contribution in [3.8, 4) is 0 Å². The van der Waals surface area contributed by atoms with Crippen LogP contribution in [-0.2, 0) is 17.8 Å². The van der Waals surface area contributed by atoms with E-state index in [2.05, 4.69) is 9.88 Å². The highest BCUT2D eigenvalue weighted by molar-refractivity contribution is 7.09. The van der Waals surface area contributed by atoms with Crippen molar-refractivity contribution in [1.82, 2.24) is 14.8 Å². The van der Waals surface area contributed by atoms with Crippen molar-refractivity contribution in [3.63, 3.8) is 0 Å². The van der Waals surface area contributed by atoms with E-state index in [0.29, 0.717) is 13.1 Å². The normalized spacial score (nSPS) is 17.4. The first-order chi connectivity index (χ1) is 10.4. The average molecular weight is 326 g/mol. The molecule has 0 aromatic carbocycles. The predicted molar refractivity (Wildman–Crippen MR) is 87.7 cm³/mol. The van der Waals surface area contributed by atoms with Crippen LogP contribution in [0.4, 0.5) is 4.79 Å². The van der Waals surface area contributed by atoms with E-state index in [1.54, 1.807) is 16.2 Å². The summed E-state index contributed by atoms with van der Waals surface area (Å²) in [5.41, 5.74) is 6.10. The Labute approximate surface area is 136 Å². The Hall–Kier alpha value is -1.18. The number of nitrogens with two attached hydrogens (primary N) is 1. The minimum atomic E-state index is -0.442. The van der Waals surface area contributed by atoms with E-state index in [9.17, 15) is 4.79 Å². The van der Waals surface area contributed by atoms with Gasteiger partial charge in [-0.1, -0.05) is 0 Å². The molecule has 0 unspecified atom stereocenters. The molecule has 0 radical (unpaired) electrons. The van der Waals surface area contributed by atoms with E-state index in [1.165, 1.54) is 0 Å². The quantitative estimate of drug-likeness (QED) is 0.920. The molecule has 6 nitrogen and oxygen atoms in total. The van der Waals surface area contributed by atoms with Gasteiger partial charge in [0.05, 0.1) is 12.2 Å². The molecular weight excluding hydrogens is 300 g/mol. The van der Waals surface area contributed by atoms with Crippen LogP contribution in [0, 0.1) is 0 Å². The third-order valence-electron chi connectivity index (χ3n) is 3.41. The molecule has 0 atom stereocenters. The summed E-state index contributed by atoms with van der Waals surface area (Å²) in [7, 11) is 0. The van der Waals surface area contributed by atoms with Gasteiger partial charge in [-0.3, -0.25) is 4.90 Å². The zero-order valence-electron chi connectivity index (χ0n) is 13.7. The number of ether oxygens (including phenoxy) is 1. The number of amides is 1. The lowest BCUT2D eigenvalue weighted by atomic mass is 10.2. The summed E-state index contributed by atoms with van der Waals surface area (Å²) in [5, 5.41) is 3.10. The van der Waals surface area contributed by atoms with Gasteiger partial charge < -0.3 is 15.4 Å². The van der Waals surface area contributed by atoms with Crippen LogP contribution in [0.3, 0.4) is 0 Å². The molecule has 0 bridgehead atoms. The Morgan fingerprint density at radius 3 is 2.77 bits per heavy atom. The Bertz CT molecular complexity index is 498. The molecular formula is C15H26N4O2S. The lowest BCUT2D eigenvalue weighted by Gasteiger charge is -2.26. The first-order valence-corrected chi connectivity index (χ1v) is 8.59. The summed E-state index contributed by atoms with van der Waals surface area (Å²) >= 11 is 1.65. The van der Waals surface area contributed by atoms with Gasteiger partial charge in [-0.05, 0) is 27.2 Å². The van der Waals surface area contributed by atoms with Crippen LogP contribution in [0.2, 0.25) is 0 Å². The van der Waals surface area contributed by atoms with Crippen molar-refractivity contribution in [1.29, 1.82) is 0 Å². The second-order valence-electron chi connectivity index (χ2n) is 6.53. The summed E-state index contributed by atoms with van der Waals surface area (Å²) < 4.78 is 5.45. The van der Waals surface area contributed by atoms with Crippen LogP contribution >= 0.6 is 11.3 Å². The number of nitrogens with zero attached hydrogens (tertiary/aromatic N) is 3. The van der Waals surface area contributed by atoms with Gasteiger partial charge in [0, 0.05) is 38.1 Å². The van der Waals surface area contributed by atoms with Crippen LogP contribution in [-0.4, -0.2) is 52.7 Å². The Morgan fingerprint density at radius 2 is 2.14 bits per heavy atom. The van der Waals surface area contributed by atoms with Crippen molar-refractivity contribution in [2.75, 3.05) is 26.2 Å². The molecule has 0 saturated carbocycles. The van der Waals surface area contributed by atoms with Crippen LogP contribution in [0.15, 0.2) is 5.38 Å². The predicted octanol–water partition coefficient (Wildman–Crippen LogP) is 2.04. The monoisotopic (exact) mass is 326 g/mol. The second kappa shape index (κ2) is 7.39. The molecule has 1 aromatic rings. The van der Waals surface area contributed by atoms with Crippen molar-refractivity contribution >= 4 is 17.4 Å². The van der Waals surface area contributed by atoms with Gasteiger partial charge in [0.15, 0.2) is 0 Å². The summed E-state index contributed by atoms with van der Waals surface area (Å²) in [6, 6.07) is 0. The van der Waals surface area contributed by atoms with Crippen LogP contribution in [0.25, 0.3) is 0 Å². The van der Waals surface area contributed by atoms with Gasteiger partial charge in [-0.2, -0.15) is 0 Å². The second-order valence-corrected chi connectivity index (χ2v) is 7.48. The molecule has 2 heterocycles. The SMILES string of the molecule is CC(C)(C)OC(=O)N1CCCN(Cc2nc(CN)cs2)CC1. The molecule has 0 aliphatic carbocycles. The van der Waals surface area contributed by atoms with Crippen LogP contribution in [0.1, 0.15) is 37.9 Å². The third kappa shape index (κ3) is 5.23. The molecule has 2 rings (SSSR count). The lowest BCUT2D eigenvalue weighted by molar-refractivity contribution is 0.0257. The summed E-state index contributed by atoms with van der Waals surface area (Å²) in [5.74, 6) is 0. The van der Waals surface area contributed by atoms with E-state index in [-0.39, 0.29) is 6.09 Å². The third-order valence-corrected chi connectivity index (χ3v) is 4.29. The van der Waals surface area contributed by atoms with E-state index in [0.717, 1.165) is 43.3 Å². The fraction of sp³-hybridized carbons (Fsp3) is 0.733. The topological polar surface area (TPSA) is 71.7 Å². The zero-order valence-corrected chi connectivity index (χ0v) is 14.5. The maximum Gasteiger partial charge on any atom is 0.410 e. The van der Waals surface area contributed by atoms with E-state index in [1.807, 2.05) is 26.2 Å². The van der Waals surface area contributed by atoms with Crippen LogP contribution < -0.4 is 5.73 Å². The molecule has 1 amide bonds. The van der Waals surface area contributed by atoms with Gasteiger partial charge in [-0.25, -0.2) is 9.78 Å². The number of carbonyl (C=O) groups excluding carboxylic acids is 1. The lowest BCUT2D eigenvalue weighted by Crippen LogP contribution is -2.39. The van der Waals surface area contributed by atoms with Crippen molar-refractivity contribution in [3.05, 3.63) is 16.1 Å². The molecule has 1 aromatic heterocycles. The molecule has 1 aliphatic rings. The zero-order chi connectivity index (χ0) is 16.2. The van der Waals surface area contributed by atoms with E-state index < -0.39 is 5.60 Å². The number of rotatable bonds is 3. The molecule has 7 heteroatoms. The standard InChI is InChI=1S/C15H26N4O2S/c1-15(2,3)21-14(20)19-6-4-5-18(7-8-19)10-13-17-12(9-16)11-22-13/h11H,4-10,16H2,1-3H3. The first-order valence-electron chi connectivity index (χ1n) is 7.71. The van der Waals surface area contributed by atoms with Gasteiger partial charge >= 0.3 is 6.09 Å². The van der Waals surface area contributed by atoms with Crippen molar-refractivity contribution in [2.24, 2.45) is 5.73 Å². The number of carbonyl (C=O) groups is 1. The molecule has 1 aliphatic heterocycles. The Morgan fingerprint density at radius 1 is 1.36 bits per heavy atom. The number of thiazole rings is 1. The van der Waals surface area contributed by atoms with Gasteiger partial charge in [-0.15, -0.1) is 11.3 Å². The molecule has 0 spiro atoms. The summed E-state index contributed by atoms with van der Waals surface area (Å²) in [6.45, 7) is 10.3. The number of aromatic nitrogens is 1. The van der Waals surface area contributed by atoms with Crippen molar-refractivity contribution in [2.45, 2.75) is 45.9 Å². The number of hydrogen-bond donors (Lipinski definition) is 1. The van der Waals surface area contributed by atoms with Gasteiger partial charge in [0.25, 0.3) is 0 Å². The molecule has 1 saturated heterocycles. The van der Waals surface area contributed by atoms with Crippen molar-refractivity contribution < 1.29 is 9.53 Å². The van der Waals surface area contributed by atoms with Crippen LogP contribution in [0.5, 0.6) is 0 Å². The minimum absolute atomic E-state index is 0.214. The fourth-order valence-electron chi connectivity index (χ4n) is 2.34. The highest BCUT2D eigenvalue weighted by atomic mass is 32.1. The smallest absolute Gasteiger partial charge is 0.410 e. The molecule has 124 valence electrons. The van der Waals surface area contributed by atoms with Gasteiger partial charge in [0.1, 0.15) is 10.6 Å². The molecule has 1 fully saturated rings. The average Bonchev–Trinajstić information content (AvgIpc) is 2.74. The summed E-state index contributed by atoms with van der Waals surface area (Å²) in [4.78, 5) is 20.8. The Balaban J connectivity index is 1.85. The highest BCUT2D eigenvalue weighted by Crippen LogP contribution is 2.15. The highest BCUT2D eigenvalue weighted by Gasteiger charge is 2.24. The summed E-state index contributed by atoms with van der Waals surface area (Å²) in [6.07, 6.45) is 0.739. The fourth-order valence-corrected chi connectivity index (χ4v) is 3.19. The maximum absolute atomic E-state index is 12.1. The minimum Gasteiger partial charge on any atom is -0.444 e. The van der Waals surface area contributed by atoms with E-state index in [4.69, 9.17) is 10.5 Å². The molecule has 2 N–H and O–H groups in total. The number of hydrogen-bond acceptors (Lipinski definition) is 6.